The molecule has 1 atom stereocenters. The number of rotatable bonds is 6. The summed E-state index contributed by atoms with van der Waals surface area (Å²) in [5.74, 6) is 2.51. The molecular weight excluding hydrogens is 226 g/mol. The molecule has 0 aromatic carbocycles. The average molecular weight is 251 g/mol. The van der Waals surface area contributed by atoms with Gasteiger partial charge in [-0.25, -0.2) is 0 Å². The number of nitrogens with one attached hydrogen (secondary N) is 1. The van der Waals surface area contributed by atoms with Crippen LogP contribution in [-0.2, 0) is 13.1 Å². The zero-order chi connectivity index (χ0) is 13.0. The van der Waals surface area contributed by atoms with Crippen molar-refractivity contribution in [3.8, 4) is 0 Å². The Morgan fingerprint density at radius 1 is 1.28 bits per heavy atom. The second-order valence-corrected chi connectivity index (χ2v) is 5.83. The number of hydrogen-bond donors (Lipinski definition) is 1. The lowest BCUT2D eigenvalue weighted by atomic mass is 10.1. The van der Waals surface area contributed by atoms with Gasteiger partial charge in [0.2, 0.25) is 0 Å². The Morgan fingerprint density at radius 2 is 2.11 bits per heavy atom. The third-order valence-electron chi connectivity index (χ3n) is 3.33. The molecular formula is C13H25N5. The minimum absolute atomic E-state index is 0.679. The Bertz CT molecular complexity index is 360. The summed E-state index contributed by atoms with van der Waals surface area (Å²) in [6.07, 6.45) is 1.83. The molecule has 1 aliphatic heterocycles. The van der Waals surface area contributed by atoms with Crippen LogP contribution in [0.3, 0.4) is 0 Å². The highest BCUT2D eigenvalue weighted by Gasteiger charge is 2.18. The van der Waals surface area contributed by atoms with Crippen LogP contribution in [-0.4, -0.2) is 45.8 Å². The highest BCUT2D eigenvalue weighted by molar-refractivity contribution is 4.90. The second kappa shape index (κ2) is 6.29. The number of nitrogens with zero attached hydrogens (tertiary/aromatic N) is 4. The Morgan fingerprint density at radius 3 is 2.89 bits per heavy atom. The molecule has 0 radical (unpaired) electrons. The van der Waals surface area contributed by atoms with Gasteiger partial charge in [0.15, 0.2) is 0 Å². The third-order valence-corrected chi connectivity index (χ3v) is 3.33. The van der Waals surface area contributed by atoms with Crippen LogP contribution in [0.5, 0.6) is 0 Å². The Kier molecular flexibility index (Phi) is 4.72. The summed E-state index contributed by atoms with van der Waals surface area (Å²) in [7, 11) is 0. The van der Waals surface area contributed by atoms with E-state index in [2.05, 4.69) is 45.8 Å². The number of hydrogen-bond acceptors (Lipinski definition) is 4. The molecule has 1 aliphatic rings. The number of aromatic nitrogens is 3. The minimum Gasteiger partial charge on any atom is -0.316 e. The molecule has 0 aliphatic carbocycles. The van der Waals surface area contributed by atoms with Crippen molar-refractivity contribution in [3.05, 3.63) is 12.2 Å². The first-order chi connectivity index (χ1) is 8.65. The number of fused-ring (bicyclic) bond motifs is 1. The lowest BCUT2D eigenvalue weighted by molar-refractivity contribution is 0.188. The van der Waals surface area contributed by atoms with E-state index in [4.69, 9.17) is 0 Å². The summed E-state index contributed by atoms with van der Waals surface area (Å²) < 4.78 is 2.15. The van der Waals surface area contributed by atoms with Gasteiger partial charge in [-0.05, 0) is 24.9 Å². The van der Waals surface area contributed by atoms with E-state index in [1.165, 1.54) is 0 Å². The molecule has 0 fully saturated rings. The molecule has 1 N–H and O–H groups in total. The van der Waals surface area contributed by atoms with Crippen molar-refractivity contribution in [2.24, 2.45) is 11.8 Å². The standard InChI is InChI=1S/C13H25N5/c1-11(2)6-14-7-12(3)8-17-4-5-18-10-15-16-13(18)9-17/h10-12,14H,4-9H2,1-3H3. The fourth-order valence-corrected chi connectivity index (χ4v) is 2.40. The van der Waals surface area contributed by atoms with Gasteiger partial charge in [0.05, 0.1) is 6.54 Å². The molecule has 102 valence electrons. The fourth-order valence-electron chi connectivity index (χ4n) is 2.40. The first kappa shape index (κ1) is 13.5. The van der Waals surface area contributed by atoms with E-state index in [1.807, 2.05) is 6.33 Å². The van der Waals surface area contributed by atoms with Gasteiger partial charge >= 0.3 is 0 Å². The monoisotopic (exact) mass is 251 g/mol. The molecule has 0 bridgehead atoms. The second-order valence-electron chi connectivity index (χ2n) is 5.83. The SMILES string of the molecule is CC(C)CNCC(C)CN1CCn2cnnc2C1. The first-order valence-corrected chi connectivity index (χ1v) is 6.95. The molecule has 0 spiro atoms. The van der Waals surface area contributed by atoms with Crippen molar-refractivity contribution in [2.75, 3.05) is 26.2 Å². The zero-order valence-corrected chi connectivity index (χ0v) is 11.8. The summed E-state index contributed by atoms with van der Waals surface area (Å²) in [4.78, 5) is 2.48. The normalized spacial score (nSPS) is 18.0. The highest BCUT2D eigenvalue weighted by Crippen LogP contribution is 2.10. The van der Waals surface area contributed by atoms with Crippen molar-refractivity contribution in [2.45, 2.75) is 33.9 Å². The maximum absolute atomic E-state index is 4.16. The zero-order valence-electron chi connectivity index (χ0n) is 11.8. The fraction of sp³-hybridized carbons (Fsp3) is 0.846. The summed E-state index contributed by atoms with van der Waals surface area (Å²) >= 11 is 0. The maximum atomic E-state index is 4.16. The third kappa shape index (κ3) is 3.78. The van der Waals surface area contributed by atoms with Crippen molar-refractivity contribution in [3.63, 3.8) is 0 Å². The van der Waals surface area contributed by atoms with E-state index in [9.17, 15) is 0 Å². The lowest BCUT2D eigenvalue weighted by Gasteiger charge is -2.29. The van der Waals surface area contributed by atoms with E-state index in [0.717, 1.165) is 51.0 Å². The molecule has 5 heteroatoms. The molecule has 0 amide bonds. The van der Waals surface area contributed by atoms with Crippen LogP contribution >= 0.6 is 0 Å². The maximum Gasteiger partial charge on any atom is 0.147 e. The Labute approximate surface area is 110 Å². The molecule has 2 heterocycles. The van der Waals surface area contributed by atoms with Gasteiger partial charge in [-0.3, -0.25) is 4.90 Å². The van der Waals surface area contributed by atoms with E-state index in [0.29, 0.717) is 5.92 Å². The van der Waals surface area contributed by atoms with Crippen LogP contribution in [0.25, 0.3) is 0 Å². The lowest BCUT2D eigenvalue weighted by Crippen LogP contribution is -2.39. The summed E-state index contributed by atoms with van der Waals surface area (Å²) in [5.41, 5.74) is 0. The molecule has 1 unspecified atom stereocenters. The smallest absolute Gasteiger partial charge is 0.147 e. The van der Waals surface area contributed by atoms with Gasteiger partial charge in [-0.15, -0.1) is 10.2 Å². The Hall–Kier alpha value is -0.940. The summed E-state index contributed by atoms with van der Waals surface area (Å²) in [6, 6.07) is 0. The average Bonchev–Trinajstić information content (AvgIpc) is 2.75. The van der Waals surface area contributed by atoms with E-state index < -0.39 is 0 Å². The molecule has 0 saturated heterocycles. The van der Waals surface area contributed by atoms with Crippen LogP contribution in [0.15, 0.2) is 6.33 Å². The van der Waals surface area contributed by atoms with E-state index in [1.54, 1.807) is 0 Å². The summed E-state index contributed by atoms with van der Waals surface area (Å²) in [6.45, 7) is 13.2. The molecule has 0 saturated carbocycles. The molecule has 5 nitrogen and oxygen atoms in total. The van der Waals surface area contributed by atoms with Crippen LogP contribution in [0, 0.1) is 11.8 Å². The molecule has 18 heavy (non-hydrogen) atoms. The van der Waals surface area contributed by atoms with Crippen LogP contribution in [0.2, 0.25) is 0 Å². The van der Waals surface area contributed by atoms with Crippen molar-refractivity contribution in [1.29, 1.82) is 0 Å². The van der Waals surface area contributed by atoms with Crippen molar-refractivity contribution >= 4 is 0 Å². The van der Waals surface area contributed by atoms with Gasteiger partial charge in [0.1, 0.15) is 12.2 Å². The van der Waals surface area contributed by atoms with E-state index in [-0.39, 0.29) is 0 Å². The van der Waals surface area contributed by atoms with Gasteiger partial charge in [-0.2, -0.15) is 0 Å². The van der Waals surface area contributed by atoms with Gasteiger partial charge < -0.3 is 9.88 Å². The molecule has 1 aromatic heterocycles. The molecule has 2 rings (SSSR count). The van der Waals surface area contributed by atoms with Gasteiger partial charge in [-0.1, -0.05) is 20.8 Å². The van der Waals surface area contributed by atoms with E-state index >= 15 is 0 Å². The quantitative estimate of drug-likeness (QED) is 0.818. The topological polar surface area (TPSA) is 46.0 Å². The molecule has 1 aromatic rings. The van der Waals surface area contributed by atoms with Crippen molar-refractivity contribution in [1.82, 2.24) is 25.0 Å². The van der Waals surface area contributed by atoms with Crippen LogP contribution in [0.4, 0.5) is 0 Å². The minimum atomic E-state index is 0.679. The van der Waals surface area contributed by atoms with Crippen LogP contribution in [0.1, 0.15) is 26.6 Å². The van der Waals surface area contributed by atoms with Gasteiger partial charge in [0, 0.05) is 19.6 Å². The summed E-state index contributed by atoms with van der Waals surface area (Å²) in [5, 5.41) is 11.6. The predicted octanol–water partition coefficient (Wildman–Crippen LogP) is 0.975. The largest absolute Gasteiger partial charge is 0.316 e. The van der Waals surface area contributed by atoms with Crippen molar-refractivity contribution < 1.29 is 0 Å². The van der Waals surface area contributed by atoms with Gasteiger partial charge in [0.25, 0.3) is 0 Å². The highest BCUT2D eigenvalue weighted by atomic mass is 15.3. The Balaban J connectivity index is 1.71. The first-order valence-electron chi connectivity index (χ1n) is 6.95. The predicted molar refractivity (Wildman–Crippen MR) is 72.2 cm³/mol. The van der Waals surface area contributed by atoms with Crippen LogP contribution < -0.4 is 5.32 Å².